The Balaban J connectivity index is 1.64. The third-order valence-electron chi connectivity index (χ3n) is 3.00. The number of aryl methyl sites for hydroxylation is 1. The fourth-order valence-electron chi connectivity index (χ4n) is 1.80. The van der Waals surface area contributed by atoms with Crippen LogP contribution >= 0.6 is 0 Å². The van der Waals surface area contributed by atoms with Gasteiger partial charge >= 0.3 is 0 Å². The van der Waals surface area contributed by atoms with Gasteiger partial charge in [0.1, 0.15) is 12.1 Å². The van der Waals surface area contributed by atoms with Crippen molar-refractivity contribution in [2.45, 2.75) is 6.92 Å². The Labute approximate surface area is 134 Å². The number of carbonyl (C=O) groups excluding carboxylic acids is 2. The van der Waals surface area contributed by atoms with Crippen LogP contribution < -0.4 is 15.4 Å². The maximum Gasteiger partial charge on any atom is 0.258 e. The molecule has 2 N–H and O–H groups in total. The summed E-state index contributed by atoms with van der Waals surface area (Å²) in [5, 5.41) is 5.36. The zero-order valence-electron chi connectivity index (χ0n) is 12.8. The van der Waals surface area contributed by atoms with Gasteiger partial charge in [-0.15, -0.1) is 0 Å². The lowest BCUT2D eigenvalue weighted by Crippen LogP contribution is -2.37. The van der Waals surface area contributed by atoms with Crippen molar-refractivity contribution in [1.29, 1.82) is 0 Å². The number of benzene rings is 1. The molecule has 0 spiro atoms. The number of nitrogens with one attached hydrogen (secondary N) is 2. The van der Waals surface area contributed by atoms with Gasteiger partial charge in [-0.1, -0.05) is 18.2 Å². The van der Waals surface area contributed by atoms with Crippen molar-refractivity contribution in [3.8, 4) is 5.75 Å². The first kappa shape index (κ1) is 16.4. The molecule has 0 aliphatic rings. The summed E-state index contributed by atoms with van der Waals surface area (Å²) in [6.07, 6.45) is 2.85. The first-order valence-electron chi connectivity index (χ1n) is 7.16. The fraction of sp³-hybridized carbons (Fsp3) is 0.250. The van der Waals surface area contributed by atoms with Crippen LogP contribution in [-0.2, 0) is 4.79 Å². The Morgan fingerprint density at radius 1 is 1.13 bits per heavy atom. The molecule has 0 bridgehead atoms. The van der Waals surface area contributed by atoms with E-state index in [-0.39, 0.29) is 18.4 Å². The van der Waals surface area contributed by atoms with Crippen LogP contribution in [0.5, 0.6) is 5.75 Å². The molecular formula is C16H18N4O3. The smallest absolute Gasteiger partial charge is 0.258 e. The summed E-state index contributed by atoms with van der Waals surface area (Å²) < 4.78 is 5.32. The minimum absolute atomic E-state index is 0.0659. The second-order valence-electron chi connectivity index (χ2n) is 4.73. The number of amides is 2. The Kier molecular flexibility index (Phi) is 6.05. The first-order chi connectivity index (χ1) is 11.2. The number of aromatic nitrogens is 2. The average Bonchev–Trinajstić information content (AvgIpc) is 2.58. The maximum atomic E-state index is 11.9. The highest BCUT2D eigenvalue weighted by atomic mass is 16.5. The molecule has 2 aromatic rings. The highest BCUT2D eigenvalue weighted by molar-refractivity contribution is 5.94. The second-order valence-corrected chi connectivity index (χ2v) is 4.73. The molecular weight excluding hydrogens is 296 g/mol. The SMILES string of the molecule is Cc1ncncc1C(=O)NCCNC(=O)COc1ccccc1. The minimum atomic E-state index is -0.266. The molecule has 1 aromatic carbocycles. The average molecular weight is 314 g/mol. The van der Waals surface area contributed by atoms with Gasteiger partial charge in [-0.2, -0.15) is 0 Å². The lowest BCUT2D eigenvalue weighted by atomic mass is 10.2. The van der Waals surface area contributed by atoms with Crippen LogP contribution in [0.25, 0.3) is 0 Å². The first-order valence-corrected chi connectivity index (χ1v) is 7.16. The Morgan fingerprint density at radius 3 is 2.61 bits per heavy atom. The Hall–Kier alpha value is -2.96. The van der Waals surface area contributed by atoms with Crippen molar-refractivity contribution in [1.82, 2.24) is 20.6 Å². The van der Waals surface area contributed by atoms with E-state index in [4.69, 9.17) is 4.74 Å². The van der Waals surface area contributed by atoms with Crippen LogP contribution in [0.3, 0.4) is 0 Å². The molecule has 0 unspecified atom stereocenters. The van der Waals surface area contributed by atoms with Crippen molar-refractivity contribution in [2.75, 3.05) is 19.7 Å². The highest BCUT2D eigenvalue weighted by Crippen LogP contribution is 2.07. The number of carbonyl (C=O) groups is 2. The molecule has 7 heteroatoms. The van der Waals surface area contributed by atoms with Crippen LogP contribution in [0, 0.1) is 6.92 Å². The molecule has 0 aliphatic carbocycles. The van der Waals surface area contributed by atoms with Gasteiger partial charge in [-0.25, -0.2) is 9.97 Å². The molecule has 2 amide bonds. The largest absolute Gasteiger partial charge is 0.484 e. The van der Waals surface area contributed by atoms with E-state index in [0.29, 0.717) is 30.1 Å². The Bertz CT molecular complexity index is 661. The third kappa shape index (κ3) is 5.39. The number of nitrogens with zero attached hydrogens (tertiary/aromatic N) is 2. The van der Waals surface area contributed by atoms with E-state index in [1.54, 1.807) is 19.1 Å². The van der Waals surface area contributed by atoms with Crippen LogP contribution in [0.15, 0.2) is 42.9 Å². The number of para-hydroxylation sites is 1. The van der Waals surface area contributed by atoms with Gasteiger partial charge in [0, 0.05) is 19.3 Å². The number of rotatable bonds is 7. The van der Waals surface area contributed by atoms with E-state index in [0.717, 1.165) is 0 Å². The molecule has 0 aliphatic heterocycles. The van der Waals surface area contributed by atoms with Gasteiger partial charge in [0.25, 0.3) is 11.8 Å². The highest BCUT2D eigenvalue weighted by Gasteiger charge is 2.09. The van der Waals surface area contributed by atoms with E-state index in [1.165, 1.54) is 12.5 Å². The minimum Gasteiger partial charge on any atom is -0.484 e. The van der Waals surface area contributed by atoms with Gasteiger partial charge in [-0.05, 0) is 19.1 Å². The van der Waals surface area contributed by atoms with Gasteiger partial charge in [0.05, 0.1) is 11.3 Å². The van der Waals surface area contributed by atoms with E-state index in [1.807, 2.05) is 18.2 Å². The monoisotopic (exact) mass is 314 g/mol. The fourth-order valence-corrected chi connectivity index (χ4v) is 1.80. The summed E-state index contributed by atoms with van der Waals surface area (Å²) in [6.45, 7) is 2.29. The maximum absolute atomic E-state index is 11.9. The predicted octanol–water partition coefficient (Wildman–Crippen LogP) is 0.710. The Morgan fingerprint density at radius 2 is 1.87 bits per heavy atom. The van der Waals surface area contributed by atoms with Crippen LogP contribution in [0.1, 0.15) is 16.1 Å². The van der Waals surface area contributed by atoms with Crippen molar-refractivity contribution in [3.05, 3.63) is 54.1 Å². The summed E-state index contributed by atoms with van der Waals surface area (Å²) in [5.74, 6) is 0.121. The van der Waals surface area contributed by atoms with Gasteiger partial charge in [-0.3, -0.25) is 9.59 Å². The van der Waals surface area contributed by atoms with Gasteiger partial charge < -0.3 is 15.4 Å². The molecule has 23 heavy (non-hydrogen) atoms. The molecule has 7 nitrogen and oxygen atoms in total. The molecule has 1 heterocycles. The summed E-state index contributed by atoms with van der Waals surface area (Å²) in [6, 6.07) is 9.08. The quantitative estimate of drug-likeness (QED) is 0.734. The standard InChI is InChI=1S/C16H18N4O3/c1-12-14(9-17-11-20-12)16(22)19-8-7-18-15(21)10-23-13-5-3-2-4-6-13/h2-6,9,11H,7-8,10H2,1H3,(H,18,21)(H,19,22). The summed E-state index contributed by atoms with van der Waals surface area (Å²) in [7, 11) is 0. The van der Waals surface area contributed by atoms with Crippen LogP contribution in [-0.4, -0.2) is 41.5 Å². The summed E-state index contributed by atoms with van der Waals surface area (Å²) >= 11 is 0. The zero-order valence-corrected chi connectivity index (χ0v) is 12.8. The van der Waals surface area contributed by atoms with E-state index in [9.17, 15) is 9.59 Å². The second kappa shape index (κ2) is 8.47. The molecule has 0 saturated carbocycles. The number of ether oxygens (including phenoxy) is 1. The van der Waals surface area contributed by atoms with Crippen molar-refractivity contribution in [3.63, 3.8) is 0 Å². The third-order valence-corrected chi connectivity index (χ3v) is 3.00. The number of hydrogen-bond donors (Lipinski definition) is 2. The molecule has 120 valence electrons. The van der Waals surface area contributed by atoms with E-state index < -0.39 is 0 Å². The molecule has 0 fully saturated rings. The molecule has 0 saturated heterocycles. The molecule has 0 radical (unpaired) electrons. The molecule has 2 rings (SSSR count). The van der Waals surface area contributed by atoms with Crippen LogP contribution in [0.2, 0.25) is 0 Å². The van der Waals surface area contributed by atoms with E-state index >= 15 is 0 Å². The number of hydrogen-bond acceptors (Lipinski definition) is 5. The topological polar surface area (TPSA) is 93.2 Å². The predicted molar refractivity (Wildman–Crippen MR) is 84.0 cm³/mol. The molecule has 1 aromatic heterocycles. The van der Waals surface area contributed by atoms with Gasteiger partial charge in [0.2, 0.25) is 0 Å². The van der Waals surface area contributed by atoms with Gasteiger partial charge in [0.15, 0.2) is 6.61 Å². The summed E-state index contributed by atoms with van der Waals surface area (Å²) in [4.78, 5) is 31.3. The normalized spacial score (nSPS) is 9.96. The van der Waals surface area contributed by atoms with Crippen LogP contribution in [0.4, 0.5) is 0 Å². The van der Waals surface area contributed by atoms with Crippen molar-refractivity contribution < 1.29 is 14.3 Å². The van der Waals surface area contributed by atoms with Crippen molar-refractivity contribution in [2.24, 2.45) is 0 Å². The lowest BCUT2D eigenvalue weighted by Gasteiger charge is -2.09. The summed E-state index contributed by atoms with van der Waals surface area (Å²) in [5.41, 5.74) is 1.03. The lowest BCUT2D eigenvalue weighted by molar-refractivity contribution is -0.123. The van der Waals surface area contributed by atoms with Crippen molar-refractivity contribution >= 4 is 11.8 Å². The molecule has 0 atom stereocenters. The van der Waals surface area contributed by atoms with E-state index in [2.05, 4.69) is 20.6 Å². The zero-order chi connectivity index (χ0) is 16.5.